The summed E-state index contributed by atoms with van der Waals surface area (Å²) in [5, 5.41) is 0. The van der Waals surface area contributed by atoms with Crippen molar-refractivity contribution >= 4 is 22.1 Å². The Labute approximate surface area is 89.0 Å². The minimum atomic E-state index is -0.296. The van der Waals surface area contributed by atoms with Crippen LogP contribution in [0.2, 0.25) is 0 Å². The number of carbonyl (C=O) groups excluding carboxylic acids is 2. The first-order valence-corrected chi connectivity index (χ1v) is 4.35. The molecule has 0 fully saturated rings. The molecule has 0 amide bonds. The maximum Gasteiger partial charge on any atom is 0.373 e. The quantitative estimate of drug-likeness (QED) is 0.780. The Bertz CT molecular complexity index is 346. The number of methoxy groups -OCH3 is 1. The van der Waals surface area contributed by atoms with E-state index in [2.05, 4.69) is 15.9 Å². The predicted octanol–water partition coefficient (Wildman–Crippen LogP) is 2.32. The predicted molar refractivity (Wildman–Crippen MR) is 50.4 cm³/mol. The van der Waals surface area contributed by atoms with Crippen LogP contribution in [-0.4, -0.2) is 13.3 Å². The SMILES string of the molecule is COc1cc(Br)cc(C)c1F.O=C=O. The van der Waals surface area contributed by atoms with Crippen molar-refractivity contribution in [2.75, 3.05) is 7.11 Å². The van der Waals surface area contributed by atoms with Crippen molar-refractivity contribution in [2.45, 2.75) is 6.92 Å². The number of aryl methyl sites for hydroxylation is 1. The highest BCUT2D eigenvalue weighted by Crippen LogP contribution is 2.25. The number of hydrogen-bond acceptors (Lipinski definition) is 3. The van der Waals surface area contributed by atoms with Gasteiger partial charge in [-0.2, -0.15) is 9.59 Å². The summed E-state index contributed by atoms with van der Waals surface area (Å²) in [6, 6.07) is 3.31. The minimum absolute atomic E-state index is 0.250. The summed E-state index contributed by atoms with van der Waals surface area (Å²) in [7, 11) is 1.45. The lowest BCUT2D eigenvalue weighted by Crippen LogP contribution is -1.90. The first-order valence-electron chi connectivity index (χ1n) is 3.55. The highest BCUT2D eigenvalue weighted by molar-refractivity contribution is 9.10. The molecule has 3 nitrogen and oxygen atoms in total. The van der Waals surface area contributed by atoms with Crippen molar-refractivity contribution in [3.8, 4) is 5.75 Å². The Morgan fingerprint density at radius 2 is 1.93 bits per heavy atom. The average Bonchev–Trinajstić information content (AvgIpc) is 2.12. The van der Waals surface area contributed by atoms with Gasteiger partial charge in [-0.05, 0) is 24.6 Å². The van der Waals surface area contributed by atoms with Gasteiger partial charge in [0.05, 0.1) is 7.11 Å². The second kappa shape index (κ2) is 6.29. The van der Waals surface area contributed by atoms with Crippen molar-refractivity contribution in [1.29, 1.82) is 0 Å². The lowest BCUT2D eigenvalue weighted by atomic mass is 10.2. The summed E-state index contributed by atoms with van der Waals surface area (Å²) in [5.74, 6) is -0.0208. The Kier molecular flexibility index (Phi) is 5.76. The molecule has 0 atom stereocenters. The van der Waals surface area contributed by atoms with E-state index < -0.39 is 0 Å². The second-order valence-electron chi connectivity index (χ2n) is 2.32. The van der Waals surface area contributed by atoms with Crippen LogP contribution in [0.5, 0.6) is 5.75 Å². The van der Waals surface area contributed by atoms with E-state index in [4.69, 9.17) is 14.3 Å². The molecule has 1 aromatic rings. The fraction of sp³-hybridized carbons (Fsp3) is 0.222. The summed E-state index contributed by atoms with van der Waals surface area (Å²) >= 11 is 3.24. The lowest BCUT2D eigenvalue weighted by Gasteiger charge is -2.04. The van der Waals surface area contributed by atoms with Gasteiger partial charge in [0, 0.05) is 4.47 Å². The Morgan fingerprint density at radius 3 is 2.36 bits per heavy atom. The van der Waals surface area contributed by atoms with E-state index in [1.54, 1.807) is 19.1 Å². The van der Waals surface area contributed by atoms with Crippen LogP contribution in [0.4, 0.5) is 4.39 Å². The molecule has 0 radical (unpaired) electrons. The Balaban J connectivity index is 0.000000500. The van der Waals surface area contributed by atoms with Gasteiger partial charge in [0.25, 0.3) is 0 Å². The summed E-state index contributed by atoms with van der Waals surface area (Å²) < 4.78 is 18.7. The third-order valence-electron chi connectivity index (χ3n) is 1.41. The molecule has 0 saturated carbocycles. The van der Waals surface area contributed by atoms with Crippen molar-refractivity contribution in [1.82, 2.24) is 0 Å². The second-order valence-corrected chi connectivity index (χ2v) is 3.24. The molecule has 1 rings (SSSR count). The largest absolute Gasteiger partial charge is 0.494 e. The van der Waals surface area contributed by atoms with Gasteiger partial charge in [-0.3, -0.25) is 0 Å². The van der Waals surface area contributed by atoms with Crippen LogP contribution in [0.1, 0.15) is 5.56 Å². The molecular weight excluding hydrogens is 255 g/mol. The molecule has 0 aromatic heterocycles. The monoisotopic (exact) mass is 262 g/mol. The maximum atomic E-state index is 13.0. The molecular formula is C9H8BrFO3. The minimum Gasteiger partial charge on any atom is -0.494 e. The van der Waals surface area contributed by atoms with Crippen LogP contribution in [0.15, 0.2) is 16.6 Å². The average molecular weight is 263 g/mol. The molecule has 0 heterocycles. The molecule has 1 aromatic carbocycles. The van der Waals surface area contributed by atoms with Crippen LogP contribution < -0.4 is 4.74 Å². The van der Waals surface area contributed by atoms with E-state index >= 15 is 0 Å². The van der Waals surface area contributed by atoms with Gasteiger partial charge >= 0.3 is 6.15 Å². The van der Waals surface area contributed by atoms with Crippen molar-refractivity contribution in [3.05, 3.63) is 28.0 Å². The zero-order chi connectivity index (χ0) is 11.1. The fourth-order valence-corrected chi connectivity index (χ4v) is 1.39. The Morgan fingerprint density at radius 1 is 1.43 bits per heavy atom. The van der Waals surface area contributed by atoms with Crippen LogP contribution in [-0.2, 0) is 9.59 Å². The van der Waals surface area contributed by atoms with Crippen molar-refractivity contribution in [2.24, 2.45) is 0 Å². The van der Waals surface area contributed by atoms with Crippen LogP contribution in [0, 0.1) is 12.7 Å². The van der Waals surface area contributed by atoms with Crippen LogP contribution in [0.25, 0.3) is 0 Å². The molecule has 0 spiro atoms. The van der Waals surface area contributed by atoms with E-state index in [9.17, 15) is 4.39 Å². The van der Waals surface area contributed by atoms with E-state index in [-0.39, 0.29) is 17.7 Å². The number of hydrogen-bond donors (Lipinski definition) is 0. The zero-order valence-corrected chi connectivity index (χ0v) is 9.22. The van der Waals surface area contributed by atoms with Gasteiger partial charge in [0.1, 0.15) is 0 Å². The third-order valence-corrected chi connectivity index (χ3v) is 1.86. The molecule has 14 heavy (non-hydrogen) atoms. The Hall–Kier alpha value is -1.19. The van der Waals surface area contributed by atoms with Gasteiger partial charge in [0.2, 0.25) is 0 Å². The number of halogens is 2. The third kappa shape index (κ3) is 3.68. The van der Waals surface area contributed by atoms with Crippen molar-refractivity contribution < 1.29 is 18.7 Å². The molecule has 0 unspecified atom stereocenters. The summed E-state index contributed by atoms with van der Waals surface area (Å²) in [6.45, 7) is 1.70. The molecule has 5 heteroatoms. The first kappa shape index (κ1) is 12.8. The number of rotatable bonds is 1. The molecule has 0 aliphatic carbocycles. The van der Waals surface area contributed by atoms with Gasteiger partial charge < -0.3 is 4.74 Å². The fourth-order valence-electron chi connectivity index (χ4n) is 0.843. The molecule has 0 bridgehead atoms. The molecule has 0 aliphatic heterocycles. The highest BCUT2D eigenvalue weighted by Gasteiger charge is 2.05. The first-order chi connectivity index (χ1) is 6.56. The van der Waals surface area contributed by atoms with Crippen molar-refractivity contribution in [3.63, 3.8) is 0 Å². The summed E-state index contributed by atoms with van der Waals surface area (Å²) in [4.78, 5) is 16.2. The summed E-state index contributed by atoms with van der Waals surface area (Å²) in [5.41, 5.74) is 0.580. The molecule has 0 saturated heterocycles. The standard InChI is InChI=1S/C8H8BrFO.CO2/c1-5-3-6(9)4-7(11-2)8(5)10;2-1-3/h3-4H,1-2H3;. The maximum absolute atomic E-state index is 13.0. The highest BCUT2D eigenvalue weighted by atomic mass is 79.9. The molecule has 76 valence electrons. The van der Waals surface area contributed by atoms with E-state index in [1.807, 2.05) is 0 Å². The van der Waals surface area contributed by atoms with Crippen LogP contribution >= 0.6 is 15.9 Å². The molecule has 0 N–H and O–H groups in total. The van der Waals surface area contributed by atoms with Gasteiger partial charge in [-0.25, -0.2) is 4.39 Å². The van der Waals surface area contributed by atoms with Gasteiger partial charge in [0.15, 0.2) is 11.6 Å². The van der Waals surface area contributed by atoms with E-state index in [0.717, 1.165) is 4.47 Å². The zero-order valence-electron chi connectivity index (χ0n) is 7.64. The number of benzene rings is 1. The van der Waals surface area contributed by atoms with Crippen LogP contribution in [0.3, 0.4) is 0 Å². The molecule has 0 aliphatic rings. The normalized spacial score (nSPS) is 8.29. The van der Waals surface area contributed by atoms with E-state index in [1.165, 1.54) is 7.11 Å². The lowest BCUT2D eigenvalue weighted by molar-refractivity contribution is -0.191. The van der Waals surface area contributed by atoms with Gasteiger partial charge in [-0.1, -0.05) is 15.9 Å². The number of ether oxygens (including phenoxy) is 1. The van der Waals surface area contributed by atoms with E-state index in [0.29, 0.717) is 5.56 Å². The topological polar surface area (TPSA) is 43.4 Å². The summed E-state index contributed by atoms with van der Waals surface area (Å²) in [6.07, 6.45) is 0.250. The smallest absolute Gasteiger partial charge is 0.373 e. The van der Waals surface area contributed by atoms with Gasteiger partial charge in [-0.15, -0.1) is 0 Å².